The summed E-state index contributed by atoms with van der Waals surface area (Å²) in [6, 6.07) is 9.06. The Hall–Kier alpha value is -1.93. The van der Waals surface area contributed by atoms with E-state index in [1.165, 1.54) is 10.4 Å². The van der Waals surface area contributed by atoms with Gasteiger partial charge in [-0.2, -0.15) is 0 Å². The minimum absolute atomic E-state index is 0.0661. The first-order chi connectivity index (χ1) is 13.1. The third kappa shape index (κ3) is 3.04. The van der Waals surface area contributed by atoms with Gasteiger partial charge in [-0.3, -0.25) is 0 Å². The van der Waals surface area contributed by atoms with Gasteiger partial charge in [0.05, 0.1) is 28.9 Å². The second kappa shape index (κ2) is 6.60. The summed E-state index contributed by atoms with van der Waals surface area (Å²) < 4.78 is 8.89. The fourth-order valence-electron chi connectivity index (χ4n) is 4.05. The number of rotatable bonds is 2. The second-order valence-corrected chi connectivity index (χ2v) is 8.75. The number of hydrogen-bond acceptors (Lipinski definition) is 6. The van der Waals surface area contributed by atoms with Crippen molar-refractivity contribution in [2.45, 2.75) is 30.9 Å². The van der Waals surface area contributed by atoms with Crippen molar-refractivity contribution in [1.82, 2.24) is 20.3 Å². The number of nitrogens with one attached hydrogen (secondary N) is 1. The van der Waals surface area contributed by atoms with E-state index in [2.05, 4.69) is 21.7 Å². The average molecular weight is 403 g/mol. The van der Waals surface area contributed by atoms with Gasteiger partial charge in [0.2, 0.25) is 0 Å². The third-order valence-corrected chi connectivity index (χ3v) is 6.87. The van der Waals surface area contributed by atoms with Crippen LogP contribution in [-0.4, -0.2) is 33.3 Å². The summed E-state index contributed by atoms with van der Waals surface area (Å²) in [5.74, 6) is 0.231. The summed E-state index contributed by atoms with van der Waals surface area (Å²) in [7, 11) is 0. The zero-order valence-corrected chi connectivity index (χ0v) is 16.1. The van der Waals surface area contributed by atoms with Crippen molar-refractivity contribution in [1.29, 1.82) is 0 Å². The molecule has 27 heavy (non-hydrogen) atoms. The molecule has 1 fully saturated rings. The van der Waals surface area contributed by atoms with Gasteiger partial charge in [-0.25, -0.2) is 4.68 Å². The van der Waals surface area contributed by atoms with E-state index in [-0.39, 0.29) is 17.4 Å². The first kappa shape index (κ1) is 17.2. The lowest BCUT2D eigenvalue weighted by molar-refractivity contribution is -0.0871. The summed E-state index contributed by atoms with van der Waals surface area (Å²) in [4.78, 5) is 1.27. The lowest BCUT2D eigenvalue weighted by Crippen LogP contribution is -2.45. The Morgan fingerprint density at radius 2 is 2.19 bits per heavy atom. The molecule has 1 saturated heterocycles. The maximum absolute atomic E-state index is 9.46. The van der Waals surface area contributed by atoms with Crippen LogP contribution >= 0.6 is 22.9 Å². The maximum Gasteiger partial charge on any atom is 0.115 e. The molecule has 0 unspecified atom stereocenters. The number of halogens is 1. The van der Waals surface area contributed by atoms with Gasteiger partial charge in [0.15, 0.2) is 0 Å². The van der Waals surface area contributed by atoms with Crippen LogP contribution in [0.15, 0.2) is 36.5 Å². The van der Waals surface area contributed by atoms with Gasteiger partial charge in [0.25, 0.3) is 0 Å². The topological polar surface area (TPSA) is 72.2 Å². The molecule has 0 radical (unpaired) electrons. The molecule has 0 aliphatic carbocycles. The summed E-state index contributed by atoms with van der Waals surface area (Å²) >= 11 is 7.94. The zero-order valence-electron chi connectivity index (χ0n) is 14.6. The second-order valence-electron chi connectivity index (χ2n) is 7.06. The highest BCUT2D eigenvalue weighted by Gasteiger charge is 2.44. The number of ether oxygens (including phenoxy) is 1. The molecule has 2 N–H and O–H groups in total. The molecule has 2 atom stereocenters. The molecule has 0 bridgehead atoms. The molecule has 2 aromatic heterocycles. The van der Waals surface area contributed by atoms with E-state index in [9.17, 15) is 5.11 Å². The van der Waals surface area contributed by atoms with Crippen molar-refractivity contribution >= 4 is 22.9 Å². The molecule has 0 amide bonds. The molecule has 1 aromatic carbocycles. The van der Waals surface area contributed by atoms with Crippen LogP contribution in [0.5, 0.6) is 5.75 Å². The molecule has 2 aliphatic rings. The Balaban J connectivity index is 1.43. The monoisotopic (exact) mass is 402 g/mol. The largest absolute Gasteiger partial charge is 0.508 e. The van der Waals surface area contributed by atoms with Crippen LogP contribution in [0.1, 0.15) is 35.0 Å². The summed E-state index contributed by atoms with van der Waals surface area (Å²) in [6.07, 6.45) is 4.61. The number of fused-ring (bicyclic) bond motifs is 2. The van der Waals surface area contributed by atoms with Gasteiger partial charge in [0.1, 0.15) is 17.0 Å². The lowest BCUT2D eigenvalue weighted by Gasteiger charge is -2.43. The number of piperidine rings is 1. The Morgan fingerprint density at radius 3 is 3.04 bits per heavy atom. The van der Waals surface area contributed by atoms with Crippen LogP contribution in [0.25, 0.3) is 5.69 Å². The predicted octanol–water partition coefficient (Wildman–Crippen LogP) is 3.58. The summed E-state index contributed by atoms with van der Waals surface area (Å²) in [5.41, 5.74) is 2.78. The molecular formula is C19H19ClN4O2S. The molecular weight excluding hydrogens is 384 g/mol. The molecule has 140 valence electrons. The maximum atomic E-state index is 9.46. The zero-order chi connectivity index (χ0) is 18.4. The van der Waals surface area contributed by atoms with Gasteiger partial charge in [-0.05, 0) is 55.3 Å². The SMILES string of the molecule is Oc1ccc(-n2cc([C@@H]3C[C@]4(CCN3)OCCc3cc(Cl)sc34)nn2)cc1. The summed E-state index contributed by atoms with van der Waals surface area (Å²) in [6.45, 7) is 1.58. The van der Waals surface area contributed by atoms with Gasteiger partial charge < -0.3 is 15.2 Å². The smallest absolute Gasteiger partial charge is 0.115 e. The van der Waals surface area contributed by atoms with Crippen LogP contribution in [0.2, 0.25) is 4.34 Å². The number of phenolic OH excluding ortho intramolecular Hbond substituents is 1. The fourth-order valence-corrected chi connectivity index (χ4v) is 5.54. The van der Waals surface area contributed by atoms with E-state index in [4.69, 9.17) is 16.3 Å². The molecule has 6 nitrogen and oxygen atoms in total. The van der Waals surface area contributed by atoms with Gasteiger partial charge in [-0.15, -0.1) is 16.4 Å². The first-order valence-corrected chi connectivity index (χ1v) is 10.2. The molecule has 0 saturated carbocycles. The Kier molecular flexibility index (Phi) is 4.20. The van der Waals surface area contributed by atoms with Gasteiger partial charge >= 0.3 is 0 Å². The highest BCUT2D eigenvalue weighted by molar-refractivity contribution is 7.16. The molecule has 2 aliphatic heterocycles. The van der Waals surface area contributed by atoms with Crippen LogP contribution < -0.4 is 5.32 Å². The Labute approximate surface area is 165 Å². The number of aromatic hydroxyl groups is 1. The van der Waals surface area contributed by atoms with Crippen LogP contribution in [0.3, 0.4) is 0 Å². The van der Waals surface area contributed by atoms with Crippen molar-refractivity contribution in [3.05, 3.63) is 57.0 Å². The van der Waals surface area contributed by atoms with Crippen LogP contribution in [0.4, 0.5) is 0 Å². The van der Waals surface area contributed by atoms with Gasteiger partial charge in [-0.1, -0.05) is 16.8 Å². The van der Waals surface area contributed by atoms with Crippen LogP contribution in [-0.2, 0) is 16.8 Å². The normalized spacial score (nSPS) is 24.9. The van der Waals surface area contributed by atoms with E-state index in [0.717, 1.165) is 48.1 Å². The number of benzene rings is 1. The minimum Gasteiger partial charge on any atom is -0.508 e. The molecule has 5 rings (SSSR count). The van der Waals surface area contributed by atoms with Crippen molar-refractivity contribution in [3.8, 4) is 11.4 Å². The van der Waals surface area contributed by atoms with Crippen molar-refractivity contribution in [2.24, 2.45) is 0 Å². The molecule has 1 spiro atoms. The van der Waals surface area contributed by atoms with E-state index in [1.54, 1.807) is 28.2 Å². The van der Waals surface area contributed by atoms with E-state index >= 15 is 0 Å². The van der Waals surface area contributed by atoms with Crippen molar-refractivity contribution in [2.75, 3.05) is 13.2 Å². The highest BCUT2D eigenvalue weighted by Crippen LogP contribution is 2.48. The number of hydrogen-bond donors (Lipinski definition) is 2. The van der Waals surface area contributed by atoms with Crippen LogP contribution in [0, 0.1) is 0 Å². The average Bonchev–Trinajstić information content (AvgIpc) is 3.30. The quantitative estimate of drug-likeness (QED) is 0.685. The minimum atomic E-state index is -0.288. The Bertz CT molecular complexity index is 971. The standard InChI is InChI=1S/C19H19ClN4O2S/c20-17-9-12-5-8-26-19(18(12)27-17)6-7-21-15(10-19)16-11-24(23-22-16)13-1-3-14(25)4-2-13/h1-4,9,11,15,21,25H,5-8,10H2/t15-,19-/m0/s1. The van der Waals surface area contributed by atoms with E-state index in [0.29, 0.717) is 0 Å². The van der Waals surface area contributed by atoms with Crippen molar-refractivity contribution < 1.29 is 9.84 Å². The number of nitrogens with zero attached hydrogens (tertiary/aromatic N) is 3. The molecule has 3 aromatic rings. The predicted molar refractivity (Wildman–Crippen MR) is 104 cm³/mol. The van der Waals surface area contributed by atoms with Crippen molar-refractivity contribution in [3.63, 3.8) is 0 Å². The number of thiophene rings is 1. The van der Waals surface area contributed by atoms with E-state index < -0.39 is 0 Å². The number of aromatic nitrogens is 3. The summed E-state index contributed by atoms with van der Waals surface area (Å²) in [5, 5.41) is 21.7. The first-order valence-electron chi connectivity index (χ1n) is 9.01. The number of phenols is 1. The fraction of sp³-hybridized carbons (Fsp3) is 0.368. The Morgan fingerprint density at radius 1 is 1.33 bits per heavy atom. The lowest BCUT2D eigenvalue weighted by atomic mass is 9.82. The van der Waals surface area contributed by atoms with E-state index in [1.807, 2.05) is 18.3 Å². The highest BCUT2D eigenvalue weighted by atomic mass is 35.5. The molecule has 4 heterocycles. The third-order valence-electron chi connectivity index (χ3n) is 5.38. The van der Waals surface area contributed by atoms with Gasteiger partial charge in [0, 0.05) is 11.3 Å². The molecule has 8 heteroatoms.